The molecule has 7 heteroatoms. The van der Waals surface area contributed by atoms with E-state index in [4.69, 9.17) is 0 Å². The van der Waals surface area contributed by atoms with Crippen molar-refractivity contribution < 1.29 is 14.4 Å². The standard InChI is InChI=1S/C19H30N4O3/c1-5-7-14(3)20-18(25)12-23(6-2)13-19(26)22-17-10-8-16(9-11-17)21-15(4)24/h8-11,14H,5-7,12-13H2,1-4H3,(H,20,25)(H,21,24)(H,22,26)/t14-/m0/s1. The van der Waals surface area contributed by atoms with Crippen LogP contribution in [0.2, 0.25) is 0 Å². The Balaban J connectivity index is 2.48. The van der Waals surface area contributed by atoms with E-state index in [0.29, 0.717) is 17.9 Å². The number of anilines is 2. The fourth-order valence-corrected chi connectivity index (χ4v) is 2.55. The lowest BCUT2D eigenvalue weighted by molar-refractivity contribution is -0.124. The SMILES string of the molecule is CCC[C@H](C)NC(=O)CN(CC)CC(=O)Nc1ccc(NC(C)=O)cc1. The lowest BCUT2D eigenvalue weighted by atomic mass is 10.2. The molecule has 0 bridgehead atoms. The predicted molar refractivity (Wildman–Crippen MR) is 104 cm³/mol. The summed E-state index contributed by atoms with van der Waals surface area (Å²) in [7, 11) is 0. The summed E-state index contributed by atoms with van der Waals surface area (Å²) in [6.07, 6.45) is 1.95. The van der Waals surface area contributed by atoms with Crippen molar-refractivity contribution in [2.45, 2.75) is 46.6 Å². The van der Waals surface area contributed by atoms with Gasteiger partial charge in [-0.05, 0) is 44.2 Å². The molecular weight excluding hydrogens is 332 g/mol. The molecule has 0 radical (unpaired) electrons. The van der Waals surface area contributed by atoms with Gasteiger partial charge in [0.25, 0.3) is 0 Å². The monoisotopic (exact) mass is 362 g/mol. The lowest BCUT2D eigenvalue weighted by Gasteiger charge is -2.21. The first-order valence-corrected chi connectivity index (χ1v) is 9.03. The maximum atomic E-state index is 12.2. The van der Waals surface area contributed by atoms with Crippen molar-refractivity contribution in [1.29, 1.82) is 0 Å². The molecule has 26 heavy (non-hydrogen) atoms. The second-order valence-electron chi connectivity index (χ2n) is 6.37. The molecule has 1 atom stereocenters. The zero-order chi connectivity index (χ0) is 19.5. The molecule has 144 valence electrons. The summed E-state index contributed by atoms with van der Waals surface area (Å²) in [6, 6.07) is 7.02. The molecule has 0 aliphatic heterocycles. The van der Waals surface area contributed by atoms with Crippen molar-refractivity contribution in [3.05, 3.63) is 24.3 Å². The first kappa shape index (κ1) is 21.6. The van der Waals surface area contributed by atoms with Gasteiger partial charge in [-0.1, -0.05) is 20.3 Å². The fraction of sp³-hybridized carbons (Fsp3) is 0.526. The first-order valence-electron chi connectivity index (χ1n) is 9.03. The minimum Gasteiger partial charge on any atom is -0.353 e. The highest BCUT2D eigenvalue weighted by atomic mass is 16.2. The number of amides is 3. The molecule has 7 nitrogen and oxygen atoms in total. The van der Waals surface area contributed by atoms with E-state index < -0.39 is 0 Å². The summed E-state index contributed by atoms with van der Waals surface area (Å²) < 4.78 is 0. The Labute approximate surface area is 155 Å². The van der Waals surface area contributed by atoms with Crippen LogP contribution < -0.4 is 16.0 Å². The third-order valence-electron chi connectivity index (χ3n) is 3.80. The summed E-state index contributed by atoms with van der Waals surface area (Å²) in [5, 5.41) is 8.41. The zero-order valence-corrected chi connectivity index (χ0v) is 16.1. The Morgan fingerprint density at radius 2 is 1.50 bits per heavy atom. The van der Waals surface area contributed by atoms with Crippen molar-refractivity contribution in [3.8, 4) is 0 Å². The van der Waals surface area contributed by atoms with Crippen molar-refractivity contribution in [2.24, 2.45) is 0 Å². The first-order chi connectivity index (χ1) is 12.3. The largest absolute Gasteiger partial charge is 0.353 e. The summed E-state index contributed by atoms with van der Waals surface area (Å²) in [6.45, 7) is 8.35. The van der Waals surface area contributed by atoms with E-state index in [1.165, 1.54) is 6.92 Å². The van der Waals surface area contributed by atoms with Gasteiger partial charge in [0, 0.05) is 24.3 Å². The van der Waals surface area contributed by atoms with Gasteiger partial charge in [0.05, 0.1) is 13.1 Å². The van der Waals surface area contributed by atoms with Crippen molar-refractivity contribution >= 4 is 29.1 Å². The number of carbonyl (C=O) groups is 3. The van der Waals surface area contributed by atoms with Crippen LogP contribution >= 0.6 is 0 Å². The van der Waals surface area contributed by atoms with E-state index in [0.717, 1.165) is 12.8 Å². The molecule has 0 saturated carbocycles. The van der Waals surface area contributed by atoms with Crippen molar-refractivity contribution in [2.75, 3.05) is 30.3 Å². The van der Waals surface area contributed by atoms with Crippen LogP contribution in [0.1, 0.15) is 40.5 Å². The molecule has 0 heterocycles. The maximum absolute atomic E-state index is 12.2. The van der Waals surface area contributed by atoms with Crippen LogP contribution in [0.3, 0.4) is 0 Å². The Morgan fingerprint density at radius 3 is 2.00 bits per heavy atom. The van der Waals surface area contributed by atoms with Gasteiger partial charge in [-0.25, -0.2) is 0 Å². The van der Waals surface area contributed by atoms with Gasteiger partial charge in [-0.15, -0.1) is 0 Å². The van der Waals surface area contributed by atoms with E-state index >= 15 is 0 Å². The smallest absolute Gasteiger partial charge is 0.238 e. The summed E-state index contributed by atoms with van der Waals surface area (Å²) in [5.74, 6) is -0.402. The molecule has 0 spiro atoms. The molecule has 0 aliphatic carbocycles. The third kappa shape index (κ3) is 8.62. The summed E-state index contributed by atoms with van der Waals surface area (Å²) in [5.41, 5.74) is 1.31. The van der Waals surface area contributed by atoms with Crippen molar-refractivity contribution in [3.63, 3.8) is 0 Å². The molecule has 0 unspecified atom stereocenters. The minimum absolute atomic E-state index is 0.0692. The van der Waals surface area contributed by atoms with E-state index in [1.54, 1.807) is 29.2 Å². The Morgan fingerprint density at radius 1 is 0.962 bits per heavy atom. The van der Waals surface area contributed by atoms with E-state index in [2.05, 4.69) is 22.9 Å². The predicted octanol–water partition coefficient (Wildman–Crippen LogP) is 2.21. The van der Waals surface area contributed by atoms with Gasteiger partial charge in [0.1, 0.15) is 0 Å². The number of nitrogens with zero attached hydrogens (tertiary/aromatic N) is 1. The number of hydrogen-bond acceptors (Lipinski definition) is 4. The Bertz CT molecular complexity index is 601. The number of rotatable bonds is 10. The van der Waals surface area contributed by atoms with Crippen LogP contribution in [0.15, 0.2) is 24.3 Å². The Hall–Kier alpha value is -2.41. The average Bonchev–Trinajstić information content (AvgIpc) is 2.55. The minimum atomic E-state index is -0.187. The molecule has 3 amide bonds. The highest BCUT2D eigenvalue weighted by molar-refractivity contribution is 5.93. The molecule has 0 aromatic heterocycles. The quantitative estimate of drug-likeness (QED) is 0.595. The third-order valence-corrected chi connectivity index (χ3v) is 3.80. The van der Waals surface area contributed by atoms with Crippen LogP contribution in [0.4, 0.5) is 11.4 Å². The van der Waals surface area contributed by atoms with Crippen LogP contribution in [0.25, 0.3) is 0 Å². The van der Waals surface area contributed by atoms with Gasteiger partial charge in [-0.2, -0.15) is 0 Å². The van der Waals surface area contributed by atoms with Gasteiger partial charge in [0.2, 0.25) is 17.7 Å². The number of likely N-dealkylation sites (N-methyl/N-ethyl adjacent to an activating group) is 1. The molecule has 0 fully saturated rings. The Kier molecular flexibility index (Phi) is 9.36. The number of benzene rings is 1. The van der Waals surface area contributed by atoms with E-state index in [-0.39, 0.29) is 36.9 Å². The van der Waals surface area contributed by atoms with Crippen LogP contribution in [0, 0.1) is 0 Å². The topological polar surface area (TPSA) is 90.5 Å². The van der Waals surface area contributed by atoms with Crippen molar-refractivity contribution in [1.82, 2.24) is 10.2 Å². The number of carbonyl (C=O) groups excluding carboxylic acids is 3. The highest BCUT2D eigenvalue weighted by Crippen LogP contribution is 2.13. The van der Waals surface area contributed by atoms with Gasteiger partial charge in [-0.3, -0.25) is 19.3 Å². The molecular formula is C19H30N4O3. The van der Waals surface area contributed by atoms with Gasteiger partial charge >= 0.3 is 0 Å². The molecule has 0 aliphatic rings. The molecule has 3 N–H and O–H groups in total. The fourth-order valence-electron chi connectivity index (χ4n) is 2.55. The summed E-state index contributed by atoms with van der Waals surface area (Å²) >= 11 is 0. The number of nitrogens with one attached hydrogen (secondary N) is 3. The van der Waals surface area contributed by atoms with Crippen LogP contribution in [0.5, 0.6) is 0 Å². The normalized spacial score (nSPS) is 11.7. The van der Waals surface area contributed by atoms with Gasteiger partial charge < -0.3 is 16.0 Å². The average molecular weight is 362 g/mol. The summed E-state index contributed by atoms with van der Waals surface area (Å²) in [4.78, 5) is 37.0. The molecule has 1 aromatic carbocycles. The van der Waals surface area contributed by atoms with E-state index in [9.17, 15) is 14.4 Å². The zero-order valence-electron chi connectivity index (χ0n) is 16.1. The highest BCUT2D eigenvalue weighted by Gasteiger charge is 2.14. The second kappa shape index (κ2) is 11.3. The van der Waals surface area contributed by atoms with E-state index in [1.807, 2.05) is 13.8 Å². The molecule has 0 saturated heterocycles. The number of hydrogen-bond donors (Lipinski definition) is 3. The van der Waals surface area contributed by atoms with Gasteiger partial charge in [0.15, 0.2) is 0 Å². The lowest BCUT2D eigenvalue weighted by Crippen LogP contribution is -2.43. The second-order valence-corrected chi connectivity index (χ2v) is 6.37. The molecule has 1 rings (SSSR count). The molecule has 1 aromatic rings. The maximum Gasteiger partial charge on any atom is 0.238 e. The van der Waals surface area contributed by atoms with Crippen LogP contribution in [-0.2, 0) is 14.4 Å². The van der Waals surface area contributed by atoms with Crippen LogP contribution in [-0.4, -0.2) is 48.3 Å².